The number of ketones is 1. The largest absolute Gasteiger partial charge is 0.493 e. The molecule has 0 saturated heterocycles. The maximum Gasteiger partial charge on any atom is 0.418 e. The van der Waals surface area contributed by atoms with Gasteiger partial charge in [-0.15, -0.1) is 0 Å². The van der Waals surface area contributed by atoms with Crippen LogP contribution in [-0.2, 0) is 21.7 Å². The average molecular weight is 540 g/mol. The van der Waals surface area contributed by atoms with Crippen molar-refractivity contribution in [1.29, 1.82) is 0 Å². The second-order valence-electron chi connectivity index (χ2n) is 11.5. The van der Waals surface area contributed by atoms with Crippen molar-refractivity contribution in [2.75, 3.05) is 30.9 Å². The molecule has 2 aromatic carbocycles. The van der Waals surface area contributed by atoms with Crippen LogP contribution in [0.25, 0.3) is 0 Å². The molecule has 0 saturated carbocycles. The van der Waals surface area contributed by atoms with Gasteiger partial charge < -0.3 is 14.7 Å². The van der Waals surface area contributed by atoms with Crippen LogP contribution in [-0.4, -0.2) is 57.0 Å². The molecule has 0 fully saturated rings. The molecule has 0 amide bonds. The van der Waals surface area contributed by atoms with E-state index in [1.165, 1.54) is 17.0 Å². The number of fused-ring (bicyclic) bond motifs is 2. The van der Waals surface area contributed by atoms with Crippen molar-refractivity contribution >= 4 is 21.3 Å². The van der Waals surface area contributed by atoms with Crippen LogP contribution in [0, 0.1) is 5.41 Å². The Balaban J connectivity index is 1.77. The number of para-hydroxylation sites is 1. The van der Waals surface area contributed by atoms with E-state index in [-0.39, 0.29) is 17.2 Å². The molecule has 0 aliphatic carbocycles. The Labute approximate surface area is 215 Å². The Morgan fingerprint density at radius 1 is 1.14 bits per heavy atom. The van der Waals surface area contributed by atoms with Crippen molar-refractivity contribution in [1.82, 2.24) is 0 Å². The number of alkyl halides is 3. The normalized spacial score (nSPS) is 19.2. The highest BCUT2D eigenvalue weighted by atomic mass is 32.2. The van der Waals surface area contributed by atoms with Gasteiger partial charge in [0, 0.05) is 41.5 Å². The van der Waals surface area contributed by atoms with Gasteiger partial charge in [0.15, 0.2) is 21.2 Å². The summed E-state index contributed by atoms with van der Waals surface area (Å²) in [5.41, 5.74) is -3.86. The fourth-order valence-corrected chi connectivity index (χ4v) is 6.15. The minimum atomic E-state index is -5.01. The lowest BCUT2D eigenvalue weighted by molar-refractivity contribution is -0.262. The zero-order valence-electron chi connectivity index (χ0n) is 21.6. The van der Waals surface area contributed by atoms with Crippen molar-refractivity contribution in [3.05, 3.63) is 53.1 Å². The summed E-state index contributed by atoms with van der Waals surface area (Å²) in [4.78, 5) is 14.3. The van der Waals surface area contributed by atoms with Gasteiger partial charge in [-0.3, -0.25) is 4.79 Å². The molecule has 0 radical (unpaired) electrons. The van der Waals surface area contributed by atoms with Crippen LogP contribution >= 0.6 is 0 Å². The molecule has 6 nitrogen and oxygen atoms in total. The number of hydrogen-bond acceptors (Lipinski definition) is 6. The van der Waals surface area contributed by atoms with E-state index < -0.39 is 45.4 Å². The summed E-state index contributed by atoms with van der Waals surface area (Å²) in [6, 6.07) is 9.32. The monoisotopic (exact) mass is 539 g/mol. The Morgan fingerprint density at radius 3 is 2.41 bits per heavy atom. The van der Waals surface area contributed by atoms with Crippen LogP contribution in [0.4, 0.5) is 18.9 Å². The molecular formula is C27H32F3NO5S. The summed E-state index contributed by atoms with van der Waals surface area (Å²) in [6.45, 7) is 5.95. The molecule has 10 heteroatoms. The fraction of sp³-hybridized carbons (Fsp3) is 0.519. The molecule has 1 N–H and O–H groups in total. The van der Waals surface area contributed by atoms with E-state index in [0.29, 0.717) is 41.2 Å². The highest BCUT2D eigenvalue weighted by Crippen LogP contribution is 2.48. The third kappa shape index (κ3) is 4.97. The lowest BCUT2D eigenvalue weighted by Gasteiger charge is -2.45. The summed E-state index contributed by atoms with van der Waals surface area (Å²) in [5, 5.41) is 11.3. The number of Topliss-reactive ketones (excluding diaryl/α,β-unsaturated/α-hetero) is 1. The van der Waals surface area contributed by atoms with Crippen molar-refractivity contribution in [3.63, 3.8) is 0 Å². The van der Waals surface area contributed by atoms with Gasteiger partial charge in [-0.05, 0) is 41.7 Å². The van der Waals surface area contributed by atoms with E-state index in [1.807, 2.05) is 0 Å². The zero-order valence-corrected chi connectivity index (χ0v) is 22.4. The van der Waals surface area contributed by atoms with Crippen LogP contribution in [0.15, 0.2) is 41.3 Å². The molecule has 2 aromatic rings. The molecule has 0 spiro atoms. The van der Waals surface area contributed by atoms with Gasteiger partial charge in [0.05, 0.1) is 18.0 Å². The molecular weight excluding hydrogens is 507 g/mol. The number of rotatable bonds is 6. The van der Waals surface area contributed by atoms with Crippen molar-refractivity contribution in [3.8, 4) is 5.75 Å². The number of benzene rings is 2. The van der Waals surface area contributed by atoms with E-state index in [1.54, 1.807) is 52.0 Å². The first kappa shape index (κ1) is 27.4. The third-order valence-electron chi connectivity index (χ3n) is 7.32. The number of ether oxygens (including phenoxy) is 1. The van der Waals surface area contributed by atoms with Gasteiger partial charge in [0.2, 0.25) is 0 Å². The number of carbonyl (C=O) groups excluding carboxylic acids is 1. The van der Waals surface area contributed by atoms with Crippen molar-refractivity contribution in [2.24, 2.45) is 5.41 Å². The molecule has 1 atom stereocenters. The van der Waals surface area contributed by atoms with Gasteiger partial charge in [-0.25, -0.2) is 8.42 Å². The lowest BCUT2D eigenvalue weighted by Crippen LogP contribution is -2.59. The minimum Gasteiger partial charge on any atom is -0.493 e. The van der Waals surface area contributed by atoms with Crippen LogP contribution in [0.5, 0.6) is 5.75 Å². The SMILES string of the molecule is CC1(C)CN(CC(O)(CC(C)(C)c2cc(S(C)(=O)=O)cc3c2OCC3)C(F)(F)F)c2ccccc2C1=O. The Hall–Kier alpha value is -2.59. The molecule has 1 unspecified atom stereocenters. The first-order valence-electron chi connectivity index (χ1n) is 12.0. The number of nitrogens with zero attached hydrogens (tertiary/aromatic N) is 1. The standard InChI is InChI=1S/C27H32F3NO5S/c1-24(2,20-13-18(37(5,34)35)12-17-10-11-36-22(17)20)14-26(33,27(28,29)30)16-31-15-25(3,4)23(32)19-8-6-7-9-21(19)31/h6-9,12-13,33H,10-11,14-16H2,1-5H3. The van der Waals surface area contributed by atoms with Gasteiger partial charge in [0.25, 0.3) is 0 Å². The number of aliphatic hydroxyl groups is 1. The van der Waals surface area contributed by atoms with Crippen molar-refractivity contribution < 1.29 is 36.2 Å². The summed E-state index contributed by atoms with van der Waals surface area (Å²) in [5.74, 6) is 0.206. The molecule has 37 heavy (non-hydrogen) atoms. The summed E-state index contributed by atoms with van der Waals surface area (Å²) < 4.78 is 74.2. The Bertz CT molecular complexity index is 1350. The maximum atomic E-state index is 14.6. The number of β-amino-alcohol motifs (C(OH)–C–C–N with tert-alkyl or cyclic N) is 1. The third-order valence-corrected chi connectivity index (χ3v) is 8.41. The van der Waals surface area contributed by atoms with Gasteiger partial charge in [0.1, 0.15) is 5.75 Å². The second-order valence-corrected chi connectivity index (χ2v) is 13.5. The van der Waals surface area contributed by atoms with Crippen LogP contribution in [0.1, 0.15) is 55.6 Å². The van der Waals surface area contributed by atoms with E-state index in [4.69, 9.17) is 4.74 Å². The molecule has 4 rings (SSSR count). The first-order chi connectivity index (χ1) is 16.9. The van der Waals surface area contributed by atoms with Crippen LogP contribution in [0.2, 0.25) is 0 Å². The molecule has 202 valence electrons. The number of anilines is 1. The predicted molar refractivity (Wildman–Crippen MR) is 134 cm³/mol. The highest BCUT2D eigenvalue weighted by molar-refractivity contribution is 7.90. The van der Waals surface area contributed by atoms with Crippen LogP contribution < -0.4 is 9.64 Å². The summed E-state index contributed by atoms with van der Waals surface area (Å²) in [6.07, 6.45) is -4.27. The average Bonchev–Trinajstić information content (AvgIpc) is 3.23. The fourth-order valence-electron chi connectivity index (χ4n) is 5.46. The minimum absolute atomic E-state index is 0.000549. The van der Waals surface area contributed by atoms with Gasteiger partial charge in [-0.2, -0.15) is 13.2 Å². The number of carbonyl (C=O) groups is 1. The first-order valence-corrected chi connectivity index (χ1v) is 13.9. The second kappa shape index (κ2) is 8.73. The van der Waals surface area contributed by atoms with Crippen molar-refractivity contribution in [2.45, 2.75) is 62.6 Å². The van der Waals surface area contributed by atoms with E-state index in [0.717, 1.165) is 6.26 Å². The topological polar surface area (TPSA) is 83.9 Å². The number of hydrogen-bond donors (Lipinski definition) is 1. The Morgan fingerprint density at radius 2 is 1.78 bits per heavy atom. The molecule has 2 heterocycles. The maximum absolute atomic E-state index is 14.6. The Kier molecular flexibility index (Phi) is 6.47. The summed E-state index contributed by atoms with van der Waals surface area (Å²) in [7, 11) is -3.63. The lowest BCUT2D eigenvalue weighted by atomic mass is 9.73. The number of sulfone groups is 1. The predicted octanol–water partition coefficient (Wildman–Crippen LogP) is 4.72. The quantitative estimate of drug-likeness (QED) is 0.572. The molecule has 2 aliphatic heterocycles. The number of halogens is 3. The van der Waals surface area contributed by atoms with E-state index >= 15 is 0 Å². The summed E-state index contributed by atoms with van der Waals surface area (Å²) >= 11 is 0. The molecule has 2 aliphatic rings. The zero-order chi connectivity index (χ0) is 27.6. The molecule has 0 aromatic heterocycles. The smallest absolute Gasteiger partial charge is 0.418 e. The highest BCUT2D eigenvalue weighted by Gasteiger charge is 2.58. The van der Waals surface area contributed by atoms with E-state index in [9.17, 15) is 31.5 Å². The molecule has 0 bridgehead atoms. The van der Waals surface area contributed by atoms with Crippen LogP contribution in [0.3, 0.4) is 0 Å². The van der Waals surface area contributed by atoms with E-state index in [2.05, 4.69) is 0 Å². The van der Waals surface area contributed by atoms with Gasteiger partial charge >= 0.3 is 6.18 Å². The van der Waals surface area contributed by atoms with Gasteiger partial charge in [-0.1, -0.05) is 39.8 Å².